The van der Waals surface area contributed by atoms with Crippen LogP contribution in [0.2, 0.25) is 0 Å². The van der Waals surface area contributed by atoms with Crippen LogP contribution in [-0.2, 0) is 28.8 Å². The number of urea groups is 1. The number of likely N-dealkylation sites (N-methyl/N-ethyl adjacent to an activating group) is 1. The van der Waals surface area contributed by atoms with Gasteiger partial charge in [-0.2, -0.15) is 0 Å². The molecule has 0 radical (unpaired) electrons. The van der Waals surface area contributed by atoms with Crippen molar-refractivity contribution in [2.75, 3.05) is 26.2 Å². The maximum absolute atomic E-state index is 13.1. The number of carbonyl (C=O) groups excluding carboxylic acids is 6. The Labute approximate surface area is 223 Å². The first kappa shape index (κ1) is 28.2. The van der Waals surface area contributed by atoms with E-state index in [-0.39, 0.29) is 42.6 Å². The van der Waals surface area contributed by atoms with Gasteiger partial charge in [0.1, 0.15) is 18.7 Å². The number of β-lactam (4-membered cyclic amide) rings is 1. The number of hydrogen-bond donors (Lipinski definition) is 2. The fraction of sp³-hybridized carbons (Fsp3) is 0.429. The molecule has 35 heavy (non-hydrogen) atoms. The average molecular weight is 497 g/mol. The van der Waals surface area contributed by atoms with Crippen molar-refractivity contribution in [3.63, 3.8) is 0 Å². The standard InChI is InChI=1S/C21H25N5O8.Na/c1-3-24-9-10-25(20(32)19(24)31)21(33)23-16(13-7-5-4-6-8-13)17(29)22-15-12(2)26(18(15)30)34-11-14(27)28;/h4-8,12,15-16H,3,9-11H2,1-2H3,(H,22,29)(H,23,33)(H,27,28);/q;+1/p-1/t12-,15-,16+;/m0./s1. The summed E-state index contributed by atoms with van der Waals surface area (Å²) in [5, 5.41) is 16.3. The number of carboxylic acids is 1. The van der Waals surface area contributed by atoms with Crippen LogP contribution in [0.1, 0.15) is 25.5 Å². The van der Waals surface area contributed by atoms with E-state index < -0.39 is 60.4 Å². The number of imide groups is 1. The van der Waals surface area contributed by atoms with Gasteiger partial charge in [0.25, 0.3) is 5.91 Å². The van der Waals surface area contributed by atoms with Gasteiger partial charge in [0.05, 0.1) is 12.0 Å². The Hall–Kier alpha value is -3.00. The van der Waals surface area contributed by atoms with Gasteiger partial charge in [0, 0.05) is 19.6 Å². The van der Waals surface area contributed by atoms with Crippen molar-refractivity contribution < 1.29 is 68.3 Å². The molecule has 0 unspecified atom stereocenters. The van der Waals surface area contributed by atoms with Crippen LogP contribution in [0.4, 0.5) is 4.79 Å². The van der Waals surface area contributed by atoms with Crippen molar-refractivity contribution in [3.05, 3.63) is 35.9 Å². The zero-order valence-electron chi connectivity index (χ0n) is 19.6. The predicted molar refractivity (Wildman–Crippen MR) is 111 cm³/mol. The second-order valence-corrected chi connectivity index (χ2v) is 7.67. The van der Waals surface area contributed by atoms with E-state index in [9.17, 15) is 33.9 Å². The first-order valence-corrected chi connectivity index (χ1v) is 10.6. The molecule has 2 saturated heterocycles. The van der Waals surface area contributed by atoms with Crippen molar-refractivity contribution in [2.24, 2.45) is 0 Å². The zero-order valence-corrected chi connectivity index (χ0v) is 21.6. The average Bonchev–Trinajstić information content (AvgIpc) is 2.82. The van der Waals surface area contributed by atoms with Crippen molar-refractivity contribution in [2.45, 2.75) is 32.0 Å². The third-order valence-electron chi connectivity index (χ3n) is 5.55. The Morgan fingerprint density at radius 3 is 2.34 bits per heavy atom. The topological polar surface area (TPSA) is 168 Å². The van der Waals surface area contributed by atoms with Crippen molar-refractivity contribution >= 4 is 35.6 Å². The van der Waals surface area contributed by atoms with Crippen molar-refractivity contribution in [1.82, 2.24) is 25.5 Å². The maximum Gasteiger partial charge on any atom is 1.00 e. The van der Waals surface area contributed by atoms with E-state index in [0.29, 0.717) is 12.1 Å². The number of nitrogens with zero attached hydrogens (tertiary/aromatic N) is 3. The monoisotopic (exact) mass is 497 g/mol. The predicted octanol–water partition coefficient (Wildman–Crippen LogP) is -5.47. The van der Waals surface area contributed by atoms with E-state index in [1.807, 2.05) is 0 Å². The van der Waals surface area contributed by atoms with Crippen LogP contribution in [0.25, 0.3) is 0 Å². The van der Waals surface area contributed by atoms with Crippen LogP contribution < -0.4 is 45.3 Å². The van der Waals surface area contributed by atoms with Gasteiger partial charge in [-0.15, -0.1) is 0 Å². The molecule has 2 N–H and O–H groups in total. The fourth-order valence-electron chi connectivity index (χ4n) is 3.64. The fourth-order valence-corrected chi connectivity index (χ4v) is 3.64. The Kier molecular flexibility index (Phi) is 9.77. The van der Waals surface area contributed by atoms with Gasteiger partial charge in [-0.25, -0.2) is 9.86 Å². The molecule has 0 spiro atoms. The number of aliphatic carboxylic acids is 1. The van der Waals surface area contributed by atoms with Gasteiger partial charge < -0.3 is 25.4 Å². The summed E-state index contributed by atoms with van der Waals surface area (Å²) in [6, 6.07) is 4.24. The number of hydroxylamine groups is 2. The number of rotatable bonds is 8. The van der Waals surface area contributed by atoms with E-state index in [4.69, 9.17) is 4.84 Å². The zero-order chi connectivity index (χ0) is 25.0. The van der Waals surface area contributed by atoms with Crippen LogP contribution in [0, 0.1) is 0 Å². The molecular formula is C21H24N5NaO8. The Balaban J connectivity index is 0.00000432. The van der Waals surface area contributed by atoms with Gasteiger partial charge in [0.15, 0.2) is 0 Å². The molecule has 0 saturated carbocycles. The summed E-state index contributed by atoms with van der Waals surface area (Å²) >= 11 is 0. The molecule has 6 amide bonds. The van der Waals surface area contributed by atoms with Crippen LogP contribution in [-0.4, -0.2) is 88.8 Å². The molecule has 3 rings (SSSR count). The van der Waals surface area contributed by atoms with E-state index in [1.165, 1.54) is 11.8 Å². The van der Waals surface area contributed by atoms with Gasteiger partial charge in [0.2, 0.25) is 5.91 Å². The van der Waals surface area contributed by atoms with Crippen LogP contribution >= 0.6 is 0 Å². The Morgan fingerprint density at radius 2 is 1.77 bits per heavy atom. The van der Waals surface area contributed by atoms with E-state index in [1.54, 1.807) is 37.3 Å². The van der Waals surface area contributed by atoms with E-state index in [0.717, 1.165) is 9.96 Å². The first-order valence-electron chi connectivity index (χ1n) is 10.6. The van der Waals surface area contributed by atoms with Crippen molar-refractivity contribution in [3.8, 4) is 0 Å². The molecule has 2 aliphatic rings. The number of carboxylic acid groups (broad SMARTS) is 1. The molecule has 182 valence electrons. The first-order chi connectivity index (χ1) is 16.1. The quantitative estimate of drug-likeness (QED) is 0.204. The Bertz CT molecular complexity index is 1010. The normalized spacial score (nSPS) is 20.5. The van der Waals surface area contributed by atoms with E-state index in [2.05, 4.69) is 10.6 Å². The minimum absolute atomic E-state index is 0. The second-order valence-electron chi connectivity index (χ2n) is 7.67. The molecule has 3 atom stereocenters. The minimum Gasteiger partial charge on any atom is -0.548 e. The molecule has 13 nitrogen and oxygen atoms in total. The summed E-state index contributed by atoms with van der Waals surface area (Å²) in [5.74, 6) is -4.73. The third-order valence-corrected chi connectivity index (χ3v) is 5.55. The molecule has 2 fully saturated rings. The van der Waals surface area contributed by atoms with Crippen LogP contribution in [0.3, 0.4) is 0 Å². The summed E-state index contributed by atoms with van der Waals surface area (Å²) in [4.78, 5) is 80.1. The molecule has 0 aliphatic carbocycles. The summed E-state index contributed by atoms with van der Waals surface area (Å²) in [7, 11) is 0. The van der Waals surface area contributed by atoms with Gasteiger partial charge in [-0.3, -0.25) is 28.9 Å². The Morgan fingerprint density at radius 1 is 1.11 bits per heavy atom. The molecule has 2 aliphatic heterocycles. The summed E-state index contributed by atoms with van der Waals surface area (Å²) in [6.07, 6.45) is 0. The molecule has 0 aromatic heterocycles. The number of piperazine rings is 1. The molecule has 1 aromatic carbocycles. The summed E-state index contributed by atoms with van der Waals surface area (Å²) < 4.78 is 0. The molecule has 2 heterocycles. The number of amides is 6. The SMILES string of the molecule is CCN1CCN(C(=O)N[C@@H](C(=O)N[C@@H]2C(=O)N(OCC(=O)[O-])[C@H]2C)c2ccccc2)C(=O)C1=O.[Na+]. The minimum atomic E-state index is -1.51. The number of hydrogen-bond acceptors (Lipinski definition) is 8. The summed E-state index contributed by atoms with van der Waals surface area (Å²) in [5.41, 5.74) is 0.379. The van der Waals surface area contributed by atoms with E-state index >= 15 is 0 Å². The molecule has 14 heteroatoms. The van der Waals surface area contributed by atoms with Crippen molar-refractivity contribution in [1.29, 1.82) is 0 Å². The van der Waals surface area contributed by atoms with Gasteiger partial charge in [-0.1, -0.05) is 30.3 Å². The number of benzene rings is 1. The van der Waals surface area contributed by atoms with Gasteiger partial charge in [-0.05, 0) is 19.4 Å². The van der Waals surface area contributed by atoms with Crippen LogP contribution in [0.15, 0.2) is 30.3 Å². The maximum atomic E-state index is 13.1. The van der Waals surface area contributed by atoms with Crippen LogP contribution in [0.5, 0.6) is 0 Å². The summed E-state index contributed by atoms with van der Waals surface area (Å²) in [6.45, 7) is 2.89. The smallest absolute Gasteiger partial charge is 0.548 e. The number of nitrogens with one attached hydrogen (secondary N) is 2. The molecule has 0 bridgehead atoms. The molecule has 1 aromatic rings. The second kappa shape index (κ2) is 12.1. The molecular weight excluding hydrogens is 473 g/mol. The third kappa shape index (κ3) is 6.17. The largest absolute Gasteiger partial charge is 1.00 e. The van der Waals surface area contributed by atoms with Gasteiger partial charge >= 0.3 is 47.4 Å². The number of carbonyl (C=O) groups is 6.